The number of likely N-dealkylation sites (N-methyl/N-ethyl adjacent to an activating group) is 1. The molecule has 0 saturated carbocycles. The Bertz CT molecular complexity index is 387. The number of amides is 1. The number of anilines is 2. The Morgan fingerprint density at radius 2 is 2.20 bits per heavy atom. The van der Waals surface area contributed by atoms with Crippen molar-refractivity contribution < 1.29 is 4.79 Å². The molecule has 0 saturated heterocycles. The molecular formula is C11H15N3O. The molecule has 4 N–H and O–H groups in total. The first-order valence-corrected chi connectivity index (χ1v) is 4.57. The summed E-state index contributed by atoms with van der Waals surface area (Å²) in [6.45, 7) is 4.06. The van der Waals surface area contributed by atoms with Crippen molar-refractivity contribution in [2.75, 3.05) is 25.1 Å². The van der Waals surface area contributed by atoms with Crippen molar-refractivity contribution in [2.24, 2.45) is 0 Å². The molecule has 80 valence electrons. The van der Waals surface area contributed by atoms with Crippen molar-refractivity contribution in [1.82, 2.24) is 4.90 Å². The SMILES string of the molecule is C=CCN(C)C(=O)c1ccc(N)cc1N. The molecule has 0 aliphatic rings. The van der Waals surface area contributed by atoms with Crippen LogP contribution >= 0.6 is 0 Å². The predicted molar refractivity (Wildman–Crippen MR) is 62.4 cm³/mol. The highest BCUT2D eigenvalue weighted by molar-refractivity contribution is 5.99. The molecule has 0 radical (unpaired) electrons. The molecule has 0 aromatic heterocycles. The standard InChI is InChI=1S/C11H15N3O/c1-3-6-14(2)11(15)9-5-4-8(12)7-10(9)13/h3-5,7H,1,6,12-13H2,2H3. The van der Waals surface area contributed by atoms with Crippen molar-refractivity contribution in [1.29, 1.82) is 0 Å². The summed E-state index contributed by atoms with van der Waals surface area (Å²) in [6.07, 6.45) is 1.66. The van der Waals surface area contributed by atoms with Gasteiger partial charge >= 0.3 is 0 Å². The van der Waals surface area contributed by atoms with Crippen molar-refractivity contribution in [2.45, 2.75) is 0 Å². The lowest BCUT2D eigenvalue weighted by Gasteiger charge is -2.16. The molecule has 0 aliphatic carbocycles. The van der Waals surface area contributed by atoms with Gasteiger partial charge in [-0.05, 0) is 18.2 Å². The van der Waals surface area contributed by atoms with E-state index in [9.17, 15) is 4.79 Å². The van der Waals surface area contributed by atoms with Crippen LogP contribution in [0, 0.1) is 0 Å². The number of carbonyl (C=O) groups is 1. The minimum Gasteiger partial charge on any atom is -0.399 e. The first-order chi connectivity index (χ1) is 7.06. The fourth-order valence-corrected chi connectivity index (χ4v) is 1.26. The largest absolute Gasteiger partial charge is 0.399 e. The third kappa shape index (κ3) is 2.49. The van der Waals surface area contributed by atoms with Crippen LogP contribution in [-0.2, 0) is 0 Å². The molecule has 1 aromatic rings. The minimum absolute atomic E-state index is 0.132. The van der Waals surface area contributed by atoms with Gasteiger partial charge in [0.15, 0.2) is 0 Å². The average Bonchev–Trinajstić information content (AvgIpc) is 2.17. The van der Waals surface area contributed by atoms with Crippen LogP contribution in [0.5, 0.6) is 0 Å². The smallest absolute Gasteiger partial charge is 0.255 e. The van der Waals surface area contributed by atoms with Crippen LogP contribution in [0.3, 0.4) is 0 Å². The molecule has 1 amide bonds. The zero-order chi connectivity index (χ0) is 11.4. The number of rotatable bonds is 3. The maximum Gasteiger partial charge on any atom is 0.255 e. The lowest BCUT2D eigenvalue weighted by molar-refractivity contribution is 0.0811. The molecule has 1 rings (SSSR count). The molecule has 0 bridgehead atoms. The maximum atomic E-state index is 11.8. The van der Waals surface area contributed by atoms with Gasteiger partial charge in [0.05, 0.1) is 5.56 Å². The Hall–Kier alpha value is -1.97. The summed E-state index contributed by atoms with van der Waals surface area (Å²) < 4.78 is 0. The monoisotopic (exact) mass is 205 g/mol. The first-order valence-electron chi connectivity index (χ1n) is 4.57. The van der Waals surface area contributed by atoms with E-state index < -0.39 is 0 Å². The molecule has 0 atom stereocenters. The lowest BCUT2D eigenvalue weighted by atomic mass is 10.1. The van der Waals surface area contributed by atoms with E-state index in [0.29, 0.717) is 23.5 Å². The molecule has 1 aromatic carbocycles. The fourth-order valence-electron chi connectivity index (χ4n) is 1.26. The lowest BCUT2D eigenvalue weighted by Crippen LogP contribution is -2.27. The Labute approximate surface area is 89.2 Å². The Morgan fingerprint density at radius 3 is 2.73 bits per heavy atom. The van der Waals surface area contributed by atoms with E-state index in [0.717, 1.165) is 0 Å². The van der Waals surface area contributed by atoms with Gasteiger partial charge in [-0.1, -0.05) is 6.08 Å². The summed E-state index contributed by atoms with van der Waals surface area (Å²) in [6, 6.07) is 4.87. The van der Waals surface area contributed by atoms with Gasteiger partial charge in [0.25, 0.3) is 5.91 Å². The highest BCUT2D eigenvalue weighted by Gasteiger charge is 2.13. The summed E-state index contributed by atoms with van der Waals surface area (Å²) in [4.78, 5) is 13.4. The van der Waals surface area contributed by atoms with E-state index in [2.05, 4.69) is 6.58 Å². The Morgan fingerprint density at radius 1 is 1.53 bits per heavy atom. The fraction of sp³-hybridized carbons (Fsp3) is 0.182. The number of benzene rings is 1. The summed E-state index contributed by atoms with van der Waals surface area (Å²) in [5.74, 6) is -0.132. The Balaban J connectivity index is 2.96. The molecule has 0 aliphatic heterocycles. The number of nitrogen functional groups attached to an aromatic ring is 2. The molecular weight excluding hydrogens is 190 g/mol. The van der Waals surface area contributed by atoms with Crippen LogP contribution in [0.15, 0.2) is 30.9 Å². The highest BCUT2D eigenvalue weighted by atomic mass is 16.2. The maximum absolute atomic E-state index is 11.8. The quantitative estimate of drug-likeness (QED) is 0.573. The van der Waals surface area contributed by atoms with E-state index in [1.54, 1.807) is 31.3 Å². The number of hydrogen-bond acceptors (Lipinski definition) is 3. The number of hydrogen-bond donors (Lipinski definition) is 2. The molecule has 0 spiro atoms. The second-order valence-corrected chi connectivity index (χ2v) is 3.32. The van der Waals surface area contributed by atoms with E-state index in [-0.39, 0.29) is 5.91 Å². The molecule has 0 heterocycles. The summed E-state index contributed by atoms with van der Waals surface area (Å²) in [7, 11) is 1.69. The summed E-state index contributed by atoms with van der Waals surface area (Å²) in [5, 5.41) is 0. The van der Waals surface area contributed by atoms with Gasteiger partial charge in [0.2, 0.25) is 0 Å². The number of nitrogens with two attached hydrogens (primary N) is 2. The van der Waals surface area contributed by atoms with E-state index in [1.165, 1.54) is 4.90 Å². The highest BCUT2D eigenvalue weighted by Crippen LogP contribution is 2.17. The Kier molecular flexibility index (Phi) is 3.33. The average molecular weight is 205 g/mol. The van der Waals surface area contributed by atoms with E-state index in [1.807, 2.05) is 0 Å². The molecule has 15 heavy (non-hydrogen) atoms. The van der Waals surface area contributed by atoms with Crippen molar-refractivity contribution in [3.63, 3.8) is 0 Å². The van der Waals surface area contributed by atoms with Crippen LogP contribution in [0.4, 0.5) is 11.4 Å². The van der Waals surface area contributed by atoms with Crippen LogP contribution in [-0.4, -0.2) is 24.4 Å². The first kappa shape index (κ1) is 11.1. The normalized spacial score (nSPS) is 9.67. The predicted octanol–water partition coefficient (Wildman–Crippen LogP) is 1.11. The number of carbonyl (C=O) groups excluding carboxylic acids is 1. The molecule has 4 heteroatoms. The third-order valence-corrected chi connectivity index (χ3v) is 2.06. The minimum atomic E-state index is -0.132. The zero-order valence-electron chi connectivity index (χ0n) is 8.73. The summed E-state index contributed by atoms with van der Waals surface area (Å²) >= 11 is 0. The molecule has 0 fully saturated rings. The van der Waals surface area contributed by atoms with E-state index >= 15 is 0 Å². The van der Waals surface area contributed by atoms with Gasteiger partial charge in [-0.3, -0.25) is 4.79 Å². The van der Waals surface area contributed by atoms with Gasteiger partial charge in [-0.2, -0.15) is 0 Å². The number of nitrogens with zero attached hydrogens (tertiary/aromatic N) is 1. The third-order valence-electron chi connectivity index (χ3n) is 2.06. The van der Waals surface area contributed by atoms with Gasteiger partial charge in [0.1, 0.15) is 0 Å². The van der Waals surface area contributed by atoms with Gasteiger partial charge in [-0.25, -0.2) is 0 Å². The molecule has 0 unspecified atom stereocenters. The topological polar surface area (TPSA) is 72.3 Å². The zero-order valence-corrected chi connectivity index (χ0v) is 8.73. The van der Waals surface area contributed by atoms with Crippen molar-refractivity contribution >= 4 is 17.3 Å². The van der Waals surface area contributed by atoms with Gasteiger partial charge in [0, 0.05) is 25.0 Å². The van der Waals surface area contributed by atoms with Crippen LogP contribution in [0.25, 0.3) is 0 Å². The van der Waals surface area contributed by atoms with Gasteiger partial charge < -0.3 is 16.4 Å². The van der Waals surface area contributed by atoms with Crippen LogP contribution in [0.2, 0.25) is 0 Å². The van der Waals surface area contributed by atoms with Crippen molar-refractivity contribution in [3.8, 4) is 0 Å². The van der Waals surface area contributed by atoms with Crippen LogP contribution < -0.4 is 11.5 Å². The van der Waals surface area contributed by atoms with Gasteiger partial charge in [-0.15, -0.1) is 6.58 Å². The van der Waals surface area contributed by atoms with Crippen LogP contribution in [0.1, 0.15) is 10.4 Å². The second kappa shape index (κ2) is 4.50. The van der Waals surface area contributed by atoms with E-state index in [4.69, 9.17) is 11.5 Å². The summed E-state index contributed by atoms with van der Waals surface area (Å²) in [5.41, 5.74) is 12.7. The van der Waals surface area contributed by atoms with Crippen molar-refractivity contribution in [3.05, 3.63) is 36.4 Å². The molecule has 4 nitrogen and oxygen atoms in total. The second-order valence-electron chi connectivity index (χ2n) is 3.32.